The third-order valence-electron chi connectivity index (χ3n) is 3.04. The molecule has 2 rings (SSSR count). The van der Waals surface area contributed by atoms with E-state index in [1.54, 1.807) is 6.92 Å². The molecular weight excluding hydrogens is 226 g/mol. The fraction of sp³-hybridized carbons (Fsp3) is 0.800. The fourth-order valence-corrected chi connectivity index (χ4v) is 1.96. The average Bonchev–Trinajstić information content (AvgIpc) is 2.65. The molecule has 96 valence electrons. The molecule has 0 aliphatic carbocycles. The number of nitrogens with two attached hydrogens (primary N) is 1. The number of hydrogen-bond donors (Lipinski definition) is 3. The van der Waals surface area contributed by atoms with E-state index in [1.807, 2.05) is 0 Å². The highest BCUT2D eigenvalue weighted by molar-refractivity contribution is 5.96. The summed E-state index contributed by atoms with van der Waals surface area (Å²) < 4.78 is 13.3. The molecule has 17 heavy (non-hydrogen) atoms. The van der Waals surface area contributed by atoms with Crippen LogP contribution in [0.2, 0.25) is 0 Å². The number of carbonyl (C=O) groups is 1. The molecule has 0 spiro atoms. The summed E-state index contributed by atoms with van der Waals surface area (Å²) in [6, 6.07) is -0.576. The molecular formula is C10H17N3O4. The Morgan fingerprint density at radius 1 is 1.76 bits per heavy atom. The van der Waals surface area contributed by atoms with Crippen LogP contribution >= 0.6 is 0 Å². The van der Waals surface area contributed by atoms with Crippen molar-refractivity contribution in [3.8, 4) is 0 Å². The maximum Gasteiger partial charge on any atom is 0.347 e. The Kier molecular flexibility index (Phi) is 2.96. The van der Waals surface area contributed by atoms with Crippen molar-refractivity contribution in [2.24, 2.45) is 16.6 Å². The molecule has 7 heteroatoms. The predicted molar refractivity (Wildman–Crippen MR) is 59.3 cm³/mol. The van der Waals surface area contributed by atoms with E-state index in [0.29, 0.717) is 0 Å². The molecule has 0 aromatic carbocycles. The smallest absolute Gasteiger partial charge is 0.347 e. The van der Waals surface area contributed by atoms with E-state index in [4.69, 9.17) is 16.9 Å². The lowest BCUT2D eigenvalue weighted by molar-refractivity contribution is -0.0651. The third-order valence-corrected chi connectivity index (χ3v) is 3.04. The molecule has 0 aromatic rings. The second kappa shape index (κ2) is 4.59. The van der Waals surface area contributed by atoms with E-state index in [2.05, 4.69) is 4.99 Å². The minimum absolute atomic E-state index is 0.0268. The van der Waals surface area contributed by atoms with Gasteiger partial charge in [0.15, 0.2) is 0 Å². The molecule has 0 aromatic heterocycles. The van der Waals surface area contributed by atoms with Crippen LogP contribution in [0.15, 0.2) is 4.99 Å². The summed E-state index contributed by atoms with van der Waals surface area (Å²) in [5.41, 5.74) is 5.53. The highest BCUT2D eigenvalue weighted by atomic mass is 16.5. The van der Waals surface area contributed by atoms with Crippen molar-refractivity contribution >= 4 is 11.9 Å². The van der Waals surface area contributed by atoms with Gasteiger partial charge in [-0.05, 0) is 0 Å². The van der Waals surface area contributed by atoms with E-state index in [-0.39, 0.29) is 25.4 Å². The molecule has 2 heterocycles. The van der Waals surface area contributed by atoms with Gasteiger partial charge in [-0.15, -0.1) is 0 Å². The van der Waals surface area contributed by atoms with Gasteiger partial charge in [-0.3, -0.25) is 4.90 Å². The van der Waals surface area contributed by atoms with Gasteiger partial charge >= 0.3 is 6.03 Å². The van der Waals surface area contributed by atoms with Crippen LogP contribution < -0.4 is 5.73 Å². The monoisotopic (exact) mass is 244 g/mol. The zero-order valence-corrected chi connectivity index (χ0v) is 9.54. The van der Waals surface area contributed by atoms with Gasteiger partial charge in [0, 0.05) is 20.2 Å². The van der Waals surface area contributed by atoms with Crippen molar-refractivity contribution in [3.63, 3.8) is 0 Å². The van der Waals surface area contributed by atoms with Gasteiger partial charge in [0.05, 0.1) is 12.7 Å². The summed E-state index contributed by atoms with van der Waals surface area (Å²) in [6.07, 6.45) is -2.01. The first-order valence-electron chi connectivity index (χ1n) is 5.95. The number of carbonyl (C=O) groups excluding carboxylic acids is 1. The molecule has 0 saturated carbocycles. The molecule has 7 nitrogen and oxygen atoms in total. The number of rotatable bonds is 2. The first-order valence-corrected chi connectivity index (χ1v) is 5.45. The Labute approximate surface area is 100 Å². The molecule has 4 atom stereocenters. The van der Waals surface area contributed by atoms with Crippen LogP contribution in [-0.2, 0) is 4.74 Å². The molecule has 1 fully saturated rings. The number of nitrogens with zero attached hydrogens (tertiary/aromatic N) is 2. The number of urea groups is 1. The van der Waals surface area contributed by atoms with Crippen LogP contribution in [0, 0.1) is 5.89 Å². The van der Waals surface area contributed by atoms with E-state index >= 15 is 0 Å². The van der Waals surface area contributed by atoms with Gasteiger partial charge in [0.1, 0.15) is 18.2 Å². The number of aliphatic hydroxyl groups excluding tert-OH is 2. The molecule has 1 saturated heterocycles. The number of amides is 2. The SMILES string of the molecule is [2H]C1(C)CN([C@H]2C[C@H](O)[C@@H](CO)O2)C(=O)N=C1N. The summed E-state index contributed by atoms with van der Waals surface area (Å²) in [6.45, 7) is 1.29. The number of hydrogen-bond acceptors (Lipinski definition) is 5. The average molecular weight is 244 g/mol. The van der Waals surface area contributed by atoms with E-state index < -0.39 is 30.4 Å². The zero-order valence-electron chi connectivity index (χ0n) is 10.5. The summed E-state index contributed by atoms with van der Waals surface area (Å²) >= 11 is 0. The van der Waals surface area contributed by atoms with Gasteiger partial charge in [0.25, 0.3) is 0 Å². The molecule has 0 bridgehead atoms. The maximum absolute atomic E-state index is 11.7. The van der Waals surface area contributed by atoms with E-state index in [9.17, 15) is 9.90 Å². The van der Waals surface area contributed by atoms with Crippen LogP contribution in [-0.4, -0.2) is 58.6 Å². The van der Waals surface area contributed by atoms with Crippen LogP contribution in [0.4, 0.5) is 4.79 Å². The van der Waals surface area contributed by atoms with Crippen molar-refractivity contribution in [3.05, 3.63) is 0 Å². The summed E-state index contributed by atoms with van der Waals surface area (Å²) in [5, 5.41) is 18.6. The first-order chi connectivity index (χ1) is 8.35. The Balaban J connectivity index is 2.14. The van der Waals surface area contributed by atoms with Crippen molar-refractivity contribution in [1.82, 2.24) is 4.90 Å². The Morgan fingerprint density at radius 3 is 3.06 bits per heavy atom. The fourth-order valence-electron chi connectivity index (χ4n) is 1.96. The number of amidine groups is 1. The minimum Gasteiger partial charge on any atom is -0.394 e. The molecule has 0 radical (unpaired) electrons. The highest BCUT2D eigenvalue weighted by Gasteiger charge is 2.40. The van der Waals surface area contributed by atoms with E-state index in [1.165, 1.54) is 4.90 Å². The Morgan fingerprint density at radius 2 is 2.47 bits per heavy atom. The maximum atomic E-state index is 11.7. The molecule has 2 aliphatic heterocycles. The number of ether oxygens (including phenoxy) is 1. The van der Waals surface area contributed by atoms with Gasteiger partial charge < -0.3 is 20.7 Å². The third kappa shape index (κ3) is 2.26. The molecule has 1 unspecified atom stereocenters. The van der Waals surface area contributed by atoms with Crippen molar-refractivity contribution in [2.45, 2.75) is 31.8 Å². The highest BCUT2D eigenvalue weighted by Crippen LogP contribution is 2.25. The van der Waals surface area contributed by atoms with Crippen molar-refractivity contribution in [1.29, 1.82) is 0 Å². The van der Waals surface area contributed by atoms with Crippen molar-refractivity contribution in [2.75, 3.05) is 13.2 Å². The lowest BCUT2D eigenvalue weighted by atomic mass is 10.1. The number of aliphatic imine (C=N–C) groups is 1. The first kappa shape index (κ1) is 10.9. The molecule has 2 aliphatic rings. The molecule has 4 N–H and O–H groups in total. The summed E-state index contributed by atoms with van der Waals surface area (Å²) in [7, 11) is 0. The normalized spacial score (nSPS) is 43.6. The van der Waals surface area contributed by atoms with Gasteiger partial charge in [-0.2, -0.15) is 4.99 Å². The van der Waals surface area contributed by atoms with Gasteiger partial charge in [0.2, 0.25) is 0 Å². The minimum atomic E-state index is -1.17. The second-order valence-electron chi connectivity index (χ2n) is 4.30. The Bertz CT molecular complexity index is 387. The quantitative estimate of drug-likeness (QED) is 0.570. The zero-order chi connectivity index (χ0) is 13.5. The largest absolute Gasteiger partial charge is 0.394 e. The predicted octanol–water partition coefficient (Wildman–Crippen LogP) is -1.12. The van der Waals surface area contributed by atoms with Crippen LogP contribution in [0.1, 0.15) is 14.7 Å². The van der Waals surface area contributed by atoms with Gasteiger partial charge in [-0.1, -0.05) is 6.92 Å². The number of aliphatic hydroxyl groups is 2. The topological polar surface area (TPSA) is 108 Å². The van der Waals surface area contributed by atoms with Crippen LogP contribution in [0.3, 0.4) is 0 Å². The molecule has 2 amide bonds. The van der Waals surface area contributed by atoms with E-state index in [0.717, 1.165) is 0 Å². The lowest BCUT2D eigenvalue weighted by Gasteiger charge is -2.32. The van der Waals surface area contributed by atoms with Gasteiger partial charge in [-0.25, -0.2) is 4.79 Å². The Hall–Kier alpha value is -1.18. The standard InChI is InChI=1S/C10H17N3O4/c1-5-3-13(10(16)12-9(5)11)8-2-6(15)7(4-14)17-8/h5-8,14-15H,2-4H2,1H3,(H2,11,12,16)/t5?,6-,7+,8+/m0/s1/i5D. The van der Waals surface area contributed by atoms with Crippen LogP contribution in [0.25, 0.3) is 0 Å². The lowest BCUT2D eigenvalue weighted by Crippen LogP contribution is -2.48. The second-order valence-corrected chi connectivity index (χ2v) is 4.30. The van der Waals surface area contributed by atoms with Crippen molar-refractivity contribution < 1.29 is 21.1 Å². The van der Waals surface area contributed by atoms with Crippen LogP contribution in [0.5, 0.6) is 0 Å². The summed E-state index contributed by atoms with van der Waals surface area (Å²) in [5.74, 6) is -1.19. The summed E-state index contributed by atoms with van der Waals surface area (Å²) in [4.78, 5) is 16.6.